The molecule has 1 aliphatic carbocycles. The quantitative estimate of drug-likeness (QED) is 0.909. The third-order valence-corrected chi connectivity index (χ3v) is 5.52. The van der Waals surface area contributed by atoms with Crippen LogP contribution in [0.3, 0.4) is 0 Å². The van der Waals surface area contributed by atoms with Crippen LogP contribution in [0.1, 0.15) is 18.5 Å². The summed E-state index contributed by atoms with van der Waals surface area (Å²) < 4.78 is 5.58. The highest BCUT2D eigenvalue weighted by Gasteiger charge is 2.40. The molecule has 2 aromatic rings. The summed E-state index contributed by atoms with van der Waals surface area (Å²) in [7, 11) is 0. The predicted molar refractivity (Wildman–Crippen MR) is 93.8 cm³/mol. The Labute approximate surface area is 146 Å². The average Bonchev–Trinajstić information content (AvgIpc) is 3.17. The van der Waals surface area contributed by atoms with Crippen LogP contribution in [0.25, 0.3) is 10.8 Å². The Kier molecular flexibility index (Phi) is 5.91. The number of halogens is 2. The fraction of sp³-hybridized carbons (Fsp3) is 0.533. The van der Waals surface area contributed by atoms with E-state index in [-0.39, 0.29) is 24.8 Å². The van der Waals surface area contributed by atoms with Gasteiger partial charge in [-0.3, -0.25) is 4.90 Å². The molecule has 0 radical (unpaired) electrons. The molecule has 1 saturated heterocycles. The molecule has 0 aromatic carbocycles. The summed E-state index contributed by atoms with van der Waals surface area (Å²) >= 11 is 1.66. The number of hydrogen-bond donors (Lipinski definition) is 1. The standard InChI is InChI=1S/C15H19N3OS.2ClH/c16-13-4-3-10-6-18(8-12(10)13)7-11-9-19-15(17-11)14-2-1-5-20-14;;/h1-2,5,9-10,12-13H,3-4,6-8,16H2;2*1H. The van der Waals surface area contributed by atoms with E-state index in [0.717, 1.165) is 35.5 Å². The summed E-state index contributed by atoms with van der Waals surface area (Å²) in [5.74, 6) is 2.23. The van der Waals surface area contributed by atoms with Gasteiger partial charge in [0.25, 0.3) is 0 Å². The molecule has 2 aromatic heterocycles. The van der Waals surface area contributed by atoms with Crippen molar-refractivity contribution < 1.29 is 4.42 Å². The molecule has 4 rings (SSSR count). The number of nitrogens with zero attached hydrogens (tertiary/aromatic N) is 2. The fourth-order valence-electron chi connectivity index (χ4n) is 3.65. The molecule has 0 bridgehead atoms. The van der Waals surface area contributed by atoms with Gasteiger partial charge in [0.15, 0.2) is 0 Å². The molecule has 2 fully saturated rings. The van der Waals surface area contributed by atoms with E-state index in [1.165, 1.54) is 19.4 Å². The largest absolute Gasteiger partial charge is 0.444 e. The first-order chi connectivity index (χ1) is 9.79. The van der Waals surface area contributed by atoms with Gasteiger partial charge in [0.2, 0.25) is 5.89 Å². The number of fused-ring (bicyclic) bond motifs is 1. The lowest BCUT2D eigenvalue weighted by molar-refractivity contribution is 0.294. The van der Waals surface area contributed by atoms with Crippen LogP contribution >= 0.6 is 36.2 Å². The normalized spacial score (nSPS) is 27.2. The molecule has 4 nitrogen and oxygen atoms in total. The second-order valence-corrected chi connectivity index (χ2v) is 6.93. The third-order valence-electron chi connectivity index (χ3n) is 4.66. The van der Waals surface area contributed by atoms with Gasteiger partial charge in [0.05, 0.1) is 10.6 Å². The molecular weight excluding hydrogens is 341 g/mol. The Morgan fingerprint density at radius 1 is 1.32 bits per heavy atom. The van der Waals surface area contributed by atoms with Crippen LogP contribution in [0, 0.1) is 11.8 Å². The Morgan fingerprint density at radius 3 is 2.91 bits per heavy atom. The Hall–Kier alpha value is -0.590. The highest BCUT2D eigenvalue weighted by atomic mass is 35.5. The lowest BCUT2D eigenvalue weighted by atomic mass is 9.98. The summed E-state index contributed by atoms with van der Waals surface area (Å²) in [5, 5.41) is 2.04. The van der Waals surface area contributed by atoms with Gasteiger partial charge < -0.3 is 10.2 Å². The second-order valence-electron chi connectivity index (χ2n) is 5.98. The molecule has 122 valence electrons. The minimum absolute atomic E-state index is 0. The van der Waals surface area contributed by atoms with Gasteiger partial charge in [-0.2, -0.15) is 0 Å². The van der Waals surface area contributed by atoms with Crippen molar-refractivity contribution in [3.8, 4) is 10.8 Å². The van der Waals surface area contributed by atoms with E-state index in [1.807, 2.05) is 17.5 Å². The van der Waals surface area contributed by atoms with Crippen molar-refractivity contribution in [1.29, 1.82) is 0 Å². The van der Waals surface area contributed by atoms with Crippen molar-refractivity contribution in [3.63, 3.8) is 0 Å². The fourth-order valence-corrected chi connectivity index (χ4v) is 4.31. The summed E-state index contributed by atoms with van der Waals surface area (Å²) in [6.45, 7) is 3.17. The summed E-state index contributed by atoms with van der Waals surface area (Å²) in [6.07, 6.45) is 4.29. The summed E-state index contributed by atoms with van der Waals surface area (Å²) in [5.41, 5.74) is 7.21. The van der Waals surface area contributed by atoms with E-state index in [1.54, 1.807) is 17.6 Å². The van der Waals surface area contributed by atoms with Crippen LogP contribution in [-0.2, 0) is 6.54 Å². The van der Waals surface area contributed by atoms with E-state index >= 15 is 0 Å². The number of hydrogen-bond acceptors (Lipinski definition) is 5. The zero-order valence-electron chi connectivity index (χ0n) is 12.2. The van der Waals surface area contributed by atoms with Crippen molar-refractivity contribution in [2.45, 2.75) is 25.4 Å². The van der Waals surface area contributed by atoms with Gasteiger partial charge in [-0.15, -0.1) is 36.2 Å². The molecule has 3 heterocycles. The van der Waals surface area contributed by atoms with E-state index in [9.17, 15) is 0 Å². The minimum atomic E-state index is 0. The first-order valence-electron chi connectivity index (χ1n) is 7.26. The topological polar surface area (TPSA) is 55.3 Å². The van der Waals surface area contributed by atoms with E-state index in [0.29, 0.717) is 12.0 Å². The van der Waals surface area contributed by atoms with Crippen LogP contribution < -0.4 is 5.73 Å². The zero-order chi connectivity index (χ0) is 13.5. The maximum Gasteiger partial charge on any atom is 0.236 e. The van der Waals surface area contributed by atoms with E-state index in [4.69, 9.17) is 10.2 Å². The molecule has 1 saturated carbocycles. The average molecular weight is 362 g/mol. The van der Waals surface area contributed by atoms with Crippen molar-refractivity contribution in [2.75, 3.05) is 13.1 Å². The second kappa shape index (κ2) is 7.32. The van der Waals surface area contributed by atoms with Crippen LogP contribution in [0.15, 0.2) is 28.2 Å². The molecular formula is C15H21Cl2N3OS. The van der Waals surface area contributed by atoms with Crippen LogP contribution in [-0.4, -0.2) is 29.0 Å². The number of likely N-dealkylation sites (tertiary alicyclic amines) is 1. The number of nitrogens with two attached hydrogens (primary N) is 1. The highest BCUT2D eigenvalue weighted by Crippen LogP contribution is 2.37. The highest BCUT2D eigenvalue weighted by molar-refractivity contribution is 7.13. The molecule has 0 amide bonds. The number of thiophene rings is 1. The van der Waals surface area contributed by atoms with Crippen molar-refractivity contribution in [2.24, 2.45) is 17.6 Å². The van der Waals surface area contributed by atoms with Crippen LogP contribution in [0.5, 0.6) is 0 Å². The van der Waals surface area contributed by atoms with Crippen molar-refractivity contribution in [3.05, 3.63) is 29.5 Å². The van der Waals surface area contributed by atoms with Gasteiger partial charge in [-0.25, -0.2) is 4.98 Å². The first kappa shape index (κ1) is 17.8. The van der Waals surface area contributed by atoms with Gasteiger partial charge >= 0.3 is 0 Å². The number of aromatic nitrogens is 1. The van der Waals surface area contributed by atoms with Crippen LogP contribution in [0.2, 0.25) is 0 Å². The number of oxazole rings is 1. The van der Waals surface area contributed by atoms with Crippen molar-refractivity contribution in [1.82, 2.24) is 9.88 Å². The van der Waals surface area contributed by atoms with Gasteiger partial charge in [0.1, 0.15) is 6.26 Å². The number of rotatable bonds is 3. The van der Waals surface area contributed by atoms with Crippen LogP contribution in [0.4, 0.5) is 0 Å². The molecule has 2 aliphatic rings. The van der Waals surface area contributed by atoms with E-state index in [2.05, 4.69) is 9.88 Å². The first-order valence-corrected chi connectivity index (χ1v) is 8.14. The maximum absolute atomic E-state index is 6.18. The lowest BCUT2D eigenvalue weighted by Gasteiger charge is -2.16. The molecule has 3 atom stereocenters. The van der Waals surface area contributed by atoms with Gasteiger partial charge in [0, 0.05) is 25.7 Å². The molecule has 0 spiro atoms. The van der Waals surface area contributed by atoms with E-state index < -0.39 is 0 Å². The zero-order valence-corrected chi connectivity index (χ0v) is 14.6. The molecule has 7 heteroatoms. The Bertz CT molecular complexity index is 589. The summed E-state index contributed by atoms with van der Waals surface area (Å²) in [4.78, 5) is 8.17. The Balaban J connectivity index is 0.000000882. The predicted octanol–water partition coefficient (Wildman–Crippen LogP) is 3.42. The molecule has 22 heavy (non-hydrogen) atoms. The Morgan fingerprint density at radius 2 is 2.18 bits per heavy atom. The van der Waals surface area contributed by atoms with Crippen molar-refractivity contribution >= 4 is 36.2 Å². The lowest BCUT2D eigenvalue weighted by Crippen LogP contribution is -2.30. The minimum Gasteiger partial charge on any atom is -0.444 e. The molecule has 1 aliphatic heterocycles. The monoisotopic (exact) mass is 361 g/mol. The van der Waals surface area contributed by atoms with Gasteiger partial charge in [-0.05, 0) is 36.1 Å². The maximum atomic E-state index is 6.18. The van der Waals surface area contributed by atoms with Gasteiger partial charge in [-0.1, -0.05) is 6.07 Å². The third kappa shape index (κ3) is 3.34. The SMILES string of the molecule is Cl.Cl.NC1CCC2CN(Cc3coc(-c4cccs4)n3)CC12. The molecule has 2 N–H and O–H groups in total. The molecule has 3 unspecified atom stereocenters. The smallest absolute Gasteiger partial charge is 0.236 e. The summed E-state index contributed by atoms with van der Waals surface area (Å²) in [6, 6.07) is 4.47.